The van der Waals surface area contributed by atoms with Crippen molar-refractivity contribution < 1.29 is 9.72 Å². The van der Waals surface area contributed by atoms with Crippen LogP contribution < -0.4 is 10.7 Å². The van der Waals surface area contributed by atoms with E-state index in [1.54, 1.807) is 30.7 Å². The minimum Gasteiger partial charge on any atom is -0.350 e. The molecule has 8 heteroatoms. The second kappa shape index (κ2) is 6.61. The first-order valence-corrected chi connectivity index (χ1v) is 8.01. The van der Waals surface area contributed by atoms with Crippen LogP contribution in [0.1, 0.15) is 15.9 Å². The van der Waals surface area contributed by atoms with Gasteiger partial charge in [-0.25, -0.2) is 0 Å². The van der Waals surface area contributed by atoms with Crippen molar-refractivity contribution in [2.24, 2.45) is 7.05 Å². The number of halogens is 1. The molecule has 0 aliphatic rings. The van der Waals surface area contributed by atoms with Gasteiger partial charge < -0.3 is 9.88 Å². The number of hydrogen-bond donors (Lipinski definition) is 1. The molecule has 0 atom stereocenters. The summed E-state index contributed by atoms with van der Waals surface area (Å²) in [7, 11) is 1.73. The Balaban J connectivity index is 2.02. The van der Waals surface area contributed by atoms with Gasteiger partial charge in [0.1, 0.15) is 5.56 Å². The summed E-state index contributed by atoms with van der Waals surface area (Å²) >= 11 is 5.96. The van der Waals surface area contributed by atoms with Crippen LogP contribution in [-0.2, 0) is 7.05 Å². The maximum atomic E-state index is 12.7. The molecule has 26 heavy (non-hydrogen) atoms. The molecule has 0 bridgehead atoms. The fourth-order valence-electron chi connectivity index (χ4n) is 2.72. The Hall–Kier alpha value is -3.19. The number of nitrogens with zero attached hydrogens (tertiary/aromatic N) is 2. The number of aryl methyl sites for hydroxylation is 2. The van der Waals surface area contributed by atoms with E-state index < -0.39 is 16.3 Å². The number of rotatable bonds is 3. The first-order valence-electron chi connectivity index (χ1n) is 7.63. The third kappa shape index (κ3) is 3.16. The van der Waals surface area contributed by atoms with E-state index in [1.165, 1.54) is 30.5 Å². The van der Waals surface area contributed by atoms with Crippen molar-refractivity contribution in [1.29, 1.82) is 0 Å². The predicted octanol–water partition coefficient (Wildman–Crippen LogP) is 3.66. The van der Waals surface area contributed by atoms with E-state index in [0.717, 1.165) is 0 Å². The lowest BCUT2D eigenvalue weighted by atomic mass is 10.1. The van der Waals surface area contributed by atoms with Crippen molar-refractivity contribution in [3.8, 4) is 0 Å². The number of fused-ring (bicyclic) bond motifs is 1. The van der Waals surface area contributed by atoms with Crippen LogP contribution in [0.5, 0.6) is 0 Å². The van der Waals surface area contributed by atoms with Gasteiger partial charge in [0, 0.05) is 41.5 Å². The molecule has 1 heterocycles. The van der Waals surface area contributed by atoms with E-state index in [2.05, 4.69) is 5.32 Å². The van der Waals surface area contributed by atoms with E-state index in [9.17, 15) is 19.7 Å². The van der Waals surface area contributed by atoms with Crippen molar-refractivity contribution in [2.75, 3.05) is 5.32 Å². The first kappa shape index (κ1) is 17.6. The zero-order valence-corrected chi connectivity index (χ0v) is 14.7. The van der Waals surface area contributed by atoms with E-state index in [0.29, 0.717) is 27.2 Å². The fraction of sp³-hybridized carbons (Fsp3) is 0.111. The van der Waals surface area contributed by atoms with Crippen LogP contribution >= 0.6 is 11.6 Å². The Morgan fingerprint density at radius 1 is 1.23 bits per heavy atom. The summed E-state index contributed by atoms with van der Waals surface area (Å²) in [5.74, 6) is -0.593. The van der Waals surface area contributed by atoms with Crippen LogP contribution in [0, 0.1) is 17.0 Å². The zero-order chi connectivity index (χ0) is 19.0. The molecule has 0 radical (unpaired) electrons. The van der Waals surface area contributed by atoms with Crippen LogP contribution in [0.15, 0.2) is 47.4 Å². The number of anilines is 1. The van der Waals surface area contributed by atoms with Gasteiger partial charge in [0.2, 0.25) is 5.43 Å². The first-order chi connectivity index (χ1) is 12.3. The molecular formula is C18H14ClN3O4. The molecule has 0 unspecified atom stereocenters. The monoisotopic (exact) mass is 371 g/mol. The summed E-state index contributed by atoms with van der Waals surface area (Å²) < 4.78 is 1.67. The number of hydrogen-bond acceptors (Lipinski definition) is 4. The molecule has 2 aromatic carbocycles. The summed E-state index contributed by atoms with van der Waals surface area (Å²) in [5.41, 5.74) is 1.03. The van der Waals surface area contributed by atoms with Crippen molar-refractivity contribution in [1.82, 2.24) is 4.57 Å². The number of nitro groups is 1. The highest BCUT2D eigenvalue weighted by molar-refractivity contribution is 6.31. The number of amides is 1. The van der Waals surface area contributed by atoms with Gasteiger partial charge in [0.25, 0.3) is 11.6 Å². The van der Waals surface area contributed by atoms with Crippen LogP contribution in [0.4, 0.5) is 11.4 Å². The van der Waals surface area contributed by atoms with Crippen molar-refractivity contribution in [3.05, 3.63) is 79.1 Å². The normalized spacial score (nSPS) is 10.7. The van der Waals surface area contributed by atoms with E-state index in [1.807, 2.05) is 0 Å². The quantitative estimate of drug-likeness (QED) is 0.561. The Labute approximate surface area is 153 Å². The third-order valence-electron chi connectivity index (χ3n) is 4.06. The average Bonchev–Trinajstić information content (AvgIpc) is 2.59. The Morgan fingerprint density at radius 2 is 1.96 bits per heavy atom. The van der Waals surface area contributed by atoms with Gasteiger partial charge in [-0.05, 0) is 36.8 Å². The lowest BCUT2D eigenvalue weighted by molar-refractivity contribution is -0.384. The minimum atomic E-state index is -0.593. The molecule has 0 saturated heterocycles. The van der Waals surface area contributed by atoms with Crippen molar-refractivity contribution >= 4 is 39.8 Å². The topological polar surface area (TPSA) is 94.2 Å². The summed E-state index contributed by atoms with van der Waals surface area (Å²) in [6.45, 7) is 1.64. The van der Waals surface area contributed by atoms with Gasteiger partial charge >= 0.3 is 0 Å². The molecule has 0 saturated carbocycles. The molecule has 0 aliphatic carbocycles. The van der Waals surface area contributed by atoms with Crippen LogP contribution in [0.25, 0.3) is 10.9 Å². The number of non-ortho nitro benzene ring substituents is 1. The number of carbonyl (C=O) groups is 1. The van der Waals surface area contributed by atoms with Gasteiger partial charge in [-0.15, -0.1) is 0 Å². The van der Waals surface area contributed by atoms with Gasteiger partial charge in [-0.3, -0.25) is 19.7 Å². The molecule has 3 aromatic rings. The van der Waals surface area contributed by atoms with Gasteiger partial charge in [0.05, 0.1) is 10.4 Å². The summed E-state index contributed by atoms with van der Waals surface area (Å²) in [6.07, 6.45) is 1.45. The lowest BCUT2D eigenvalue weighted by Gasteiger charge is -2.11. The number of pyridine rings is 1. The molecule has 7 nitrogen and oxygen atoms in total. The Morgan fingerprint density at radius 3 is 2.62 bits per heavy atom. The number of aromatic nitrogens is 1. The number of benzene rings is 2. The third-order valence-corrected chi connectivity index (χ3v) is 4.30. The molecule has 0 fully saturated rings. The Bertz CT molecular complexity index is 1120. The molecule has 132 valence electrons. The maximum absolute atomic E-state index is 12.7. The summed E-state index contributed by atoms with van der Waals surface area (Å²) in [5, 5.41) is 14.2. The molecule has 1 N–H and O–H groups in total. The fourth-order valence-corrected chi connectivity index (χ4v) is 2.89. The SMILES string of the molecule is Cc1cc([N+](=O)[O-])ccc1NC(=O)c1cn(C)c2ccc(Cl)cc2c1=O. The molecule has 0 aliphatic heterocycles. The van der Waals surface area contributed by atoms with E-state index in [-0.39, 0.29) is 11.3 Å². The number of nitrogens with one attached hydrogen (secondary N) is 1. The summed E-state index contributed by atoms with van der Waals surface area (Å²) in [4.78, 5) is 35.6. The number of nitro benzene ring substituents is 1. The van der Waals surface area contributed by atoms with Gasteiger partial charge in [0.15, 0.2) is 0 Å². The molecule has 1 amide bonds. The largest absolute Gasteiger partial charge is 0.350 e. The van der Waals surface area contributed by atoms with Crippen molar-refractivity contribution in [3.63, 3.8) is 0 Å². The average molecular weight is 372 g/mol. The van der Waals surface area contributed by atoms with Gasteiger partial charge in [-0.2, -0.15) is 0 Å². The van der Waals surface area contributed by atoms with Gasteiger partial charge in [-0.1, -0.05) is 11.6 Å². The van der Waals surface area contributed by atoms with E-state index in [4.69, 9.17) is 11.6 Å². The zero-order valence-electron chi connectivity index (χ0n) is 13.9. The maximum Gasteiger partial charge on any atom is 0.269 e. The van der Waals surface area contributed by atoms with Crippen LogP contribution in [0.2, 0.25) is 5.02 Å². The highest BCUT2D eigenvalue weighted by Crippen LogP contribution is 2.22. The minimum absolute atomic E-state index is 0.0416. The van der Waals surface area contributed by atoms with Crippen LogP contribution in [-0.4, -0.2) is 15.4 Å². The second-order valence-corrected chi connectivity index (χ2v) is 6.29. The molecular weight excluding hydrogens is 358 g/mol. The molecule has 0 spiro atoms. The highest BCUT2D eigenvalue weighted by atomic mass is 35.5. The Kier molecular flexibility index (Phi) is 4.48. The molecule has 3 rings (SSSR count). The van der Waals surface area contributed by atoms with Crippen molar-refractivity contribution in [2.45, 2.75) is 6.92 Å². The highest BCUT2D eigenvalue weighted by Gasteiger charge is 2.17. The molecule has 1 aromatic heterocycles. The second-order valence-electron chi connectivity index (χ2n) is 5.85. The lowest BCUT2D eigenvalue weighted by Crippen LogP contribution is -2.23. The summed E-state index contributed by atoms with van der Waals surface area (Å²) in [6, 6.07) is 8.99. The predicted molar refractivity (Wildman–Crippen MR) is 100.0 cm³/mol. The van der Waals surface area contributed by atoms with Crippen LogP contribution in [0.3, 0.4) is 0 Å². The number of carbonyl (C=O) groups excluding carboxylic acids is 1. The standard InChI is InChI=1S/C18H14ClN3O4/c1-10-7-12(22(25)26)4-5-15(10)20-18(24)14-9-21(2)16-6-3-11(19)8-13(16)17(14)23/h3-9H,1-2H3,(H,20,24). The smallest absolute Gasteiger partial charge is 0.269 e. The van der Waals surface area contributed by atoms with E-state index >= 15 is 0 Å².